The number of fused-ring (bicyclic) bond motifs is 1. The summed E-state index contributed by atoms with van der Waals surface area (Å²) in [5.74, 6) is -0.512. The molecule has 3 rings (SSSR count). The fourth-order valence-corrected chi connectivity index (χ4v) is 3.48. The number of ether oxygens (including phenoxy) is 1. The Kier molecular flexibility index (Phi) is 7.53. The monoisotopic (exact) mass is 442 g/mol. The van der Waals surface area contributed by atoms with Crippen LogP contribution in [0.5, 0.6) is 0 Å². The third-order valence-corrected chi connectivity index (χ3v) is 5.17. The van der Waals surface area contributed by atoms with Gasteiger partial charge in [-0.2, -0.15) is 0 Å². The number of aryl methyl sites for hydroxylation is 1. The van der Waals surface area contributed by atoms with E-state index in [2.05, 4.69) is 29.5 Å². The lowest BCUT2D eigenvalue weighted by Gasteiger charge is -2.14. The van der Waals surface area contributed by atoms with Crippen molar-refractivity contribution in [3.8, 4) is 0 Å². The van der Waals surface area contributed by atoms with E-state index < -0.39 is 11.9 Å². The normalized spacial score (nSPS) is 12.2. The maximum atomic E-state index is 12.8. The molecule has 1 unspecified atom stereocenters. The Balaban J connectivity index is 2.14. The van der Waals surface area contributed by atoms with Gasteiger partial charge in [-0.15, -0.1) is 0 Å². The Bertz CT molecular complexity index is 1070. The number of rotatable bonds is 10. The van der Waals surface area contributed by atoms with Crippen molar-refractivity contribution in [2.45, 2.75) is 46.2 Å². The zero-order valence-corrected chi connectivity index (χ0v) is 18.8. The van der Waals surface area contributed by atoms with Crippen molar-refractivity contribution in [2.75, 3.05) is 24.4 Å². The van der Waals surface area contributed by atoms with E-state index in [-0.39, 0.29) is 24.1 Å². The van der Waals surface area contributed by atoms with Crippen LogP contribution in [0.4, 0.5) is 11.4 Å². The van der Waals surface area contributed by atoms with Crippen LogP contribution >= 0.6 is 0 Å². The Labute approximate surface area is 186 Å². The van der Waals surface area contributed by atoms with Crippen LogP contribution in [0.2, 0.25) is 0 Å². The van der Waals surface area contributed by atoms with Crippen LogP contribution in [0.3, 0.4) is 0 Å². The van der Waals surface area contributed by atoms with E-state index in [0.29, 0.717) is 41.3 Å². The smallest absolute Gasteiger partial charge is 0.356 e. The van der Waals surface area contributed by atoms with Gasteiger partial charge in [0.05, 0.1) is 30.9 Å². The molecular formula is C23H30N4O5. The van der Waals surface area contributed by atoms with Gasteiger partial charge in [0.15, 0.2) is 11.5 Å². The molecule has 0 radical (unpaired) electrons. The topological polar surface area (TPSA) is 119 Å². The van der Waals surface area contributed by atoms with Gasteiger partial charge in [0.25, 0.3) is 5.91 Å². The largest absolute Gasteiger partial charge is 0.464 e. The summed E-state index contributed by atoms with van der Waals surface area (Å²) < 4.78 is 12.0. The predicted octanol–water partition coefficient (Wildman–Crippen LogP) is 3.90. The number of methoxy groups -OCH3 is 1. The van der Waals surface area contributed by atoms with E-state index in [1.807, 2.05) is 13.0 Å². The number of aliphatic hydroxyl groups excluding tert-OH is 1. The fraction of sp³-hybridized carbons (Fsp3) is 0.435. The highest BCUT2D eigenvalue weighted by Gasteiger charge is 2.27. The Morgan fingerprint density at radius 1 is 1.28 bits per heavy atom. The van der Waals surface area contributed by atoms with Gasteiger partial charge in [-0.05, 0) is 43.9 Å². The van der Waals surface area contributed by atoms with Crippen molar-refractivity contribution in [1.82, 2.24) is 9.55 Å². The van der Waals surface area contributed by atoms with E-state index in [1.54, 1.807) is 22.9 Å². The number of hydrogen-bond donors (Lipinski definition) is 3. The molecule has 0 bridgehead atoms. The molecule has 0 aliphatic heterocycles. The van der Waals surface area contributed by atoms with Crippen molar-refractivity contribution in [3.63, 3.8) is 0 Å². The summed E-state index contributed by atoms with van der Waals surface area (Å²) >= 11 is 0. The number of nitrogens with zero attached hydrogens (tertiary/aromatic N) is 2. The standard InChI is InChI=1S/C23H30N4O5/c1-14(2)7-9-27-20(23(30)31-4)19(26-22(29)18-6-5-11-32-18)17-12-16(13-24-21(17)27)25-15(3)8-10-28/h5-6,11-15,25,28H,7-10H2,1-4H3,(H,26,29). The highest BCUT2D eigenvalue weighted by molar-refractivity contribution is 6.14. The molecule has 9 nitrogen and oxygen atoms in total. The summed E-state index contributed by atoms with van der Waals surface area (Å²) in [4.78, 5) is 30.2. The van der Waals surface area contributed by atoms with Gasteiger partial charge >= 0.3 is 5.97 Å². The molecule has 0 saturated carbocycles. The SMILES string of the molecule is COC(=O)c1c(NC(=O)c2ccco2)c2cc(NC(C)CCO)cnc2n1CCC(C)C. The number of carbonyl (C=O) groups excluding carboxylic acids is 2. The Hall–Kier alpha value is -3.33. The molecule has 0 spiro atoms. The number of furan rings is 1. The van der Waals surface area contributed by atoms with Gasteiger partial charge in [0, 0.05) is 24.6 Å². The summed E-state index contributed by atoms with van der Waals surface area (Å²) in [6, 6.07) is 5.02. The molecule has 0 aliphatic rings. The van der Waals surface area contributed by atoms with Crippen LogP contribution in [-0.2, 0) is 11.3 Å². The van der Waals surface area contributed by atoms with Gasteiger partial charge in [-0.1, -0.05) is 13.8 Å². The number of amides is 1. The van der Waals surface area contributed by atoms with Gasteiger partial charge in [-0.25, -0.2) is 9.78 Å². The summed E-state index contributed by atoms with van der Waals surface area (Å²) in [6.07, 6.45) is 4.48. The number of aliphatic hydroxyl groups is 1. The third kappa shape index (κ3) is 5.11. The lowest BCUT2D eigenvalue weighted by Crippen LogP contribution is -2.17. The van der Waals surface area contributed by atoms with Crippen LogP contribution in [-0.4, -0.2) is 46.3 Å². The zero-order valence-electron chi connectivity index (χ0n) is 18.8. The van der Waals surface area contributed by atoms with E-state index >= 15 is 0 Å². The lowest BCUT2D eigenvalue weighted by molar-refractivity contribution is 0.0589. The molecule has 3 heterocycles. The van der Waals surface area contributed by atoms with E-state index in [9.17, 15) is 14.7 Å². The Morgan fingerprint density at radius 3 is 2.69 bits per heavy atom. The minimum absolute atomic E-state index is 0.0171. The number of aromatic nitrogens is 2. The van der Waals surface area contributed by atoms with Crippen LogP contribution < -0.4 is 10.6 Å². The Morgan fingerprint density at radius 2 is 2.06 bits per heavy atom. The first-order valence-corrected chi connectivity index (χ1v) is 10.7. The van der Waals surface area contributed by atoms with E-state index in [1.165, 1.54) is 13.4 Å². The average Bonchev–Trinajstić information content (AvgIpc) is 3.39. The van der Waals surface area contributed by atoms with Crippen LogP contribution in [0.1, 0.15) is 54.7 Å². The number of carbonyl (C=O) groups is 2. The molecule has 1 atom stereocenters. The lowest BCUT2D eigenvalue weighted by atomic mass is 10.1. The zero-order chi connectivity index (χ0) is 23.3. The van der Waals surface area contributed by atoms with E-state index in [4.69, 9.17) is 9.15 Å². The molecule has 3 aromatic heterocycles. The molecule has 0 saturated heterocycles. The first kappa shape index (κ1) is 23.3. The predicted molar refractivity (Wildman–Crippen MR) is 122 cm³/mol. The van der Waals surface area contributed by atoms with Crippen molar-refractivity contribution >= 4 is 34.3 Å². The second-order valence-electron chi connectivity index (χ2n) is 8.13. The highest BCUT2D eigenvalue weighted by atomic mass is 16.5. The number of anilines is 2. The van der Waals surface area contributed by atoms with Crippen LogP contribution in [0.15, 0.2) is 35.1 Å². The van der Waals surface area contributed by atoms with Crippen LogP contribution in [0, 0.1) is 5.92 Å². The van der Waals surface area contributed by atoms with Gasteiger partial charge in [0.1, 0.15) is 5.65 Å². The summed E-state index contributed by atoms with van der Waals surface area (Å²) in [7, 11) is 1.31. The molecule has 3 N–H and O–H groups in total. The summed E-state index contributed by atoms with van der Waals surface area (Å²) in [5.41, 5.74) is 1.84. The minimum atomic E-state index is -0.565. The first-order valence-electron chi connectivity index (χ1n) is 10.7. The van der Waals surface area contributed by atoms with Crippen molar-refractivity contribution < 1.29 is 23.8 Å². The molecule has 0 fully saturated rings. The highest BCUT2D eigenvalue weighted by Crippen LogP contribution is 2.33. The van der Waals surface area contributed by atoms with Gasteiger partial charge < -0.3 is 29.5 Å². The molecular weight excluding hydrogens is 412 g/mol. The second-order valence-corrected chi connectivity index (χ2v) is 8.13. The van der Waals surface area contributed by atoms with Gasteiger partial charge in [-0.3, -0.25) is 4.79 Å². The summed E-state index contributed by atoms with van der Waals surface area (Å²) in [6.45, 7) is 6.75. The molecule has 0 aromatic carbocycles. The maximum Gasteiger partial charge on any atom is 0.356 e. The van der Waals surface area contributed by atoms with Crippen molar-refractivity contribution in [2.24, 2.45) is 5.92 Å². The molecule has 172 valence electrons. The minimum Gasteiger partial charge on any atom is -0.464 e. The summed E-state index contributed by atoms with van der Waals surface area (Å²) in [5, 5.41) is 15.9. The number of nitrogens with one attached hydrogen (secondary N) is 2. The maximum absolute atomic E-state index is 12.8. The van der Waals surface area contributed by atoms with Crippen LogP contribution in [0.25, 0.3) is 11.0 Å². The first-order chi connectivity index (χ1) is 15.3. The quantitative estimate of drug-likeness (QED) is 0.408. The van der Waals surface area contributed by atoms with Crippen molar-refractivity contribution in [1.29, 1.82) is 0 Å². The third-order valence-electron chi connectivity index (χ3n) is 5.17. The second kappa shape index (κ2) is 10.3. The average molecular weight is 443 g/mol. The molecule has 3 aromatic rings. The molecule has 32 heavy (non-hydrogen) atoms. The van der Waals surface area contributed by atoms with E-state index in [0.717, 1.165) is 6.42 Å². The number of esters is 1. The number of pyridine rings is 1. The van der Waals surface area contributed by atoms with Gasteiger partial charge in [0.2, 0.25) is 0 Å². The number of hydrogen-bond acceptors (Lipinski definition) is 7. The fourth-order valence-electron chi connectivity index (χ4n) is 3.48. The molecule has 9 heteroatoms. The van der Waals surface area contributed by atoms with Crippen molar-refractivity contribution in [3.05, 3.63) is 42.1 Å². The molecule has 1 amide bonds. The molecule has 0 aliphatic carbocycles.